The van der Waals surface area contributed by atoms with Crippen molar-refractivity contribution in [3.63, 3.8) is 0 Å². The first kappa shape index (κ1) is 16.2. The largest absolute Gasteiger partial charge is 0.294 e. The summed E-state index contributed by atoms with van der Waals surface area (Å²) in [5, 5.41) is 0. The normalized spacial score (nSPS) is 11.0. The molecule has 0 spiro atoms. The summed E-state index contributed by atoms with van der Waals surface area (Å²) >= 11 is 7.05. The van der Waals surface area contributed by atoms with Crippen molar-refractivity contribution in [1.82, 2.24) is 9.38 Å². The quantitative estimate of drug-likeness (QED) is 0.368. The summed E-state index contributed by atoms with van der Waals surface area (Å²) in [6.45, 7) is 0. The Balaban J connectivity index is 2.05. The highest BCUT2D eigenvalue weighted by molar-refractivity contribution is 9.11. The molecule has 4 rings (SSSR count). The van der Waals surface area contributed by atoms with Gasteiger partial charge in [0.1, 0.15) is 11.4 Å². The molecule has 2 aromatic heterocycles. The first-order valence-electron chi connectivity index (χ1n) is 7.67. The van der Waals surface area contributed by atoms with Crippen LogP contribution >= 0.6 is 31.9 Å². The van der Waals surface area contributed by atoms with Gasteiger partial charge < -0.3 is 0 Å². The number of pyridine rings is 1. The molecule has 0 unspecified atom stereocenters. The second kappa shape index (κ2) is 6.58. The molecule has 2 heterocycles. The lowest BCUT2D eigenvalue weighted by Crippen LogP contribution is -2.07. The van der Waals surface area contributed by atoms with E-state index in [-0.39, 0.29) is 5.78 Å². The molecule has 0 amide bonds. The Labute approximate surface area is 161 Å². The van der Waals surface area contributed by atoms with Crippen molar-refractivity contribution in [3.8, 4) is 11.3 Å². The van der Waals surface area contributed by atoms with E-state index in [9.17, 15) is 4.79 Å². The van der Waals surface area contributed by atoms with Crippen LogP contribution in [0.1, 0.15) is 16.1 Å². The summed E-state index contributed by atoms with van der Waals surface area (Å²) in [5.74, 6) is -0.0584. The van der Waals surface area contributed by atoms with Crippen LogP contribution < -0.4 is 0 Å². The van der Waals surface area contributed by atoms with Gasteiger partial charge in [-0.2, -0.15) is 0 Å². The standard InChI is InChI=1S/C20H12Br2N2O/c21-15-11-16(22)20-23-17(13-7-3-1-4-8-13)18(24(20)12-15)19(25)14-9-5-2-6-10-14/h1-12H. The zero-order chi connectivity index (χ0) is 17.4. The van der Waals surface area contributed by atoms with Gasteiger partial charge >= 0.3 is 0 Å². The minimum atomic E-state index is -0.0584. The van der Waals surface area contributed by atoms with Crippen LogP contribution in [0.5, 0.6) is 0 Å². The highest BCUT2D eigenvalue weighted by atomic mass is 79.9. The molecule has 0 saturated carbocycles. The van der Waals surface area contributed by atoms with E-state index in [0.717, 1.165) is 14.5 Å². The molecule has 0 radical (unpaired) electrons. The lowest BCUT2D eigenvalue weighted by molar-refractivity contribution is 0.103. The van der Waals surface area contributed by atoms with Crippen molar-refractivity contribution in [1.29, 1.82) is 0 Å². The zero-order valence-electron chi connectivity index (χ0n) is 13.0. The fourth-order valence-electron chi connectivity index (χ4n) is 2.81. The SMILES string of the molecule is O=C(c1ccccc1)c1c(-c2ccccc2)nc2c(Br)cc(Br)cn12. The maximum atomic E-state index is 13.2. The van der Waals surface area contributed by atoms with Crippen LogP contribution in [0, 0.1) is 0 Å². The van der Waals surface area contributed by atoms with Crippen LogP contribution in [0.3, 0.4) is 0 Å². The van der Waals surface area contributed by atoms with Crippen LogP contribution in [-0.4, -0.2) is 15.2 Å². The molecule has 3 nitrogen and oxygen atoms in total. The van der Waals surface area contributed by atoms with Crippen molar-refractivity contribution in [3.05, 3.63) is 93.1 Å². The number of hydrogen-bond donors (Lipinski definition) is 0. The van der Waals surface area contributed by atoms with E-state index in [2.05, 4.69) is 31.9 Å². The Bertz CT molecular complexity index is 1070. The summed E-state index contributed by atoms with van der Waals surface area (Å²) in [6, 6.07) is 21.0. The lowest BCUT2D eigenvalue weighted by atomic mass is 10.0. The Morgan fingerprint density at radius 1 is 0.920 bits per heavy atom. The first-order chi connectivity index (χ1) is 12.1. The van der Waals surface area contributed by atoms with E-state index in [1.165, 1.54) is 0 Å². The second-order valence-corrected chi connectivity index (χ2v) is 7.34. The van der Waals surface area contributed by atoms with Gasteiger partial charge in [0.05, 0.1) is 4.47 Å². The second-order valence-electron chi connectivity index (χ2n) is 5.57. The number of ketones is 1. The topological polar surface area (TPSA) is 34.4 Å². The van der Waals surface area contributed by atoms with Crippen molar-refractivity contribution in [2.45, 2.75) is 0 Å². The van der Waals surface area contributed by atoms with E-state index in [4.69, 9.17) is 4.98 Å². The molecule has 2 aromatic carbocycles. The maximum Gasteiger partial charge on any atom is 0.212 e. The third-order valence-corrected chi connectivity index (χ3v) is 4.96. The van der Waals surface area contributed by atoms with Gasteiger partial charge in [0, 0.05) is 21.8 Å². The smallest absolute Gasteiger partial charge is 0.212 e. The van der Waals surface area contributed by atoms with Gasteiger partial charge in [-0.1, -0.05) is 60.7 Å². The van der Waals surface area contributed by atoms with Crippen molar-refractivity contribution in [2.75, 3.05) is 0 Å². The summed E-state index contributed by atoms with van der Waals surface area (Å²) in [7, 11) is 0. The summed E-state index contributed by atoms with van der Waals surface area (Å²) in [6.07, 6.45) is 1.87. The minimum absolute atomic E-state index is 0.0584. The summed E-state index contributed by atoms with van der Waals surface area (Å²) in [4.78, 5) is 18.0. The third kappa shape index (κ3) is 2.94. The lowest BCUT2D eigenvalue weighted by Gasteiger charge is -2.06. The first-order valence-corrected chi connectivity index (χ1v) is 9.26. The number of fused-ring (bicyclic) bond motifs is 1. The van der Waals surface area contributed by atoms with Crippen LogP contribution in [0.25, 0.3) is 16.9 Å². The Hall–Kier alpha value is -2.24. The maximum absolute atomic E-state index is 13.2. The van der Waals surface area contributed by atoms with E-state index < -0.39 is 0 Å². The molecule has 0 bridgehead atoms. The molecule has 4 aromatic rings. The predicted molar refractivity (Wildman–Crippen MR) is 106 cm³/mol. The molecule has 122 valence electrons. The van der Waals surface area contributed by atoms with E-state index >= 15 is 0 Å². The van der Waals surface area contributed by atoms with Gasteiger partial charge in [-0.15, -0.1) is 0 Å². The number of carbonyl (C=O) groups is 1. The van der Waals surface area contributed by atoms with E-state index in [0.29, 0.717) is 22.6 Å². The molecule has 0 saturated heterocycles. The molecule has 0 aliphatic heterocycles. The number of carbonyl (C=O) groups excluding carboxylic acids is 1. The number of imidazole rings is 1. The fourth-order valence-corrected chi connectivity index (χ4v) is 4.08. The molecule has 0 N–H and O–H groups in total. The van der Waals surface area contributed by atoms with Gasteiger partial charge in [-0.3, -0.25) is 9.20 Å². The number of nitrogens with zero attached hydrogens (tertiary/aromatic N) is 2. The molecule has 0 atom stereocenters. The van der Waals surface area contributed by atoms with E-state index in [1.54, 1.807) is 0 Å². The highest BCUT2D eigenvalue weighted by Crippen LogP contribution is 2.31. The van der Waals surface area contributed by atoms with Gasteiger partial charge in [0.15, 0.2) is 5.65 Å². The predicted octanol–water partition coefficient (Wildman–Crippen LogP) is 5.76. The summed E-state index contributed by atoms with van der Waals surface area (Å²) < 4.78 is 3.53. The molecule has 25 heavy (non-hydrogen) atoms. The van der Waals surface area contributed by atoms with Crippen LogP contribution in [0.2, 0.25) is 0 Å². The number of halogens is 2. The number of benzene rings is 2. The van der Waals surface area contributed by atoms with Crippen LogP contribution in [0.4, 0.5) is 0 Å². The highest BCUT2D eigenvalue weighted by Gasteiger charge is 2.23. The van der Waals surface area contributed by atoms with Gasteiger partial charge in [0.2, 0.25) is 5.78 Å². The average Bonchev–Trinajstić information content (AvgIpc) is 3.02. The molecule has 0 fully saturated rings. The fraction of sp³-hybridized carbons (Fsp3) is 0. The van der Waals surface area contributed by atoms with Gasteiger partial charge in [-0.05, 0) is 37.9 Å². The molecule has 0 aliphatic carbocycles. The monoisotopic (exact) mass is 454 g/mol. The van der Waals surface area contributed by atoms with Crippen molar-refractivity contribution >= 4 is 43.3 Å². The van der Waals surface area contributed by atoms with Crippen molar-refractivity contribution < 1.29 is 4.79 Å². The summed E-state index contributed by atoms with van der Waals surface area (Å²) in [5.41, 5.74) is 3.48. The molecular formula is C20H12Br2N2O. The zero-order valence-corrected chi connectivity index (χ0v) is 16.2. The van der Waals surface area contributed by atoms with Crippen LogP contribution in [-0.2, 0) is 0 Å². The van der Waals surface area contributed by atoms with E-state index in [1.807, 2.05) is 77.3 Å². The average molecular weight is 456 g/mol. The number of aromatic nitrogens is 2. The molecule has 5 heteroatoms. The Kier molecular flexibility index (Phi) is 4.27. The van der Waals surface area contributed by atoms with Crippen molar-refractivity contribution in [2.24, 2.45) is 0 Å². The minimum Gasteiger partial charge on any atom is -0.294 e. The van der Waals surface area contributed by atoms with Gasteiger partial charge in [-0.25, -0.2) is 4.98 Å². The van der Waals surface area contributed by atoms with Crippen LogP contribution in [0.15, 0.2) is 81.9 Å². The number of rotatable bonds is 3. The molecular weight excluding hydrogens is 444 g/mol. The Morgan fingerprint density at radius 2 is 1.56 bits per heavy atom. The Morgan fingerprint density at radius 3 is 2.24 bits per heavy atom. The molecule has 0 aliphatic rings. The van der Waals surface area contributed by atoms with Gasteiger partial charge in [0.25, 0.3) is 0 Å². The number of hydrogen-bond acceptors (Lipinski definition) is 2. The third-order valence-electron chi connectivity index (χ3n) is 3.94.